The molecule has 1 aromatic carbocycles. The number of hydrogen-bond donors (Lipinski definition) is 0. The number of benzene rings is 1. The maximum Gasteiger partial charge on any atom is 0.339 e. The number of pyridine rings is 1. The fraction of sp³-hybridized carbons (Fsp3) is 0.346. The van der Waals surface area contributed by atoms with Crippen LogP contribution in [0.4, 0.5) is 0 Å². The van der Waals surface area contributed by atoms with Gasteiger partial charge in [0.2, 0.25) is 0 Å². The van der Waals surface area contributed by atoms with Crippen LogP contribution in [-0.2, 0) is 16.0 Å². The van der Waals surface area contributed by atoms with Crippen LogP contribution in [0.3, 0.4) is 0 Å². The molecule has 0 amide bonds. The van der Waals surface area contributed by atoms with Gasteiger partial charge < -0.3 is 9.15 Å². The number of hydrogen-bond acceptors (Lipinski definition) is 5. The molecule has 4 rings (SSSR count). The Bertz CT molecular complexity index is 1170. The van der Waals surface area contributed by atoms with E-state index in [1.54, 1.807) is 6.26 Å². The number of aromatic nitrogens is 1. The van der Waals surface area contributed by atoms with Crippen molar-refractivity contribution < 1.29 is 18.7 Å². The zero-order valence-electron chi connectivity index (χ0n) is 18.4. The van der Waals surface area contributed by atoms with Crippen molar-refractivity contribution in [3.8, 4) is 0 Å². The molecular formula is C26H27NO4. The number of esters is 1. The first kappa shape index (κ1) is 21.0. The normalized spacial score (nSPS) is 17.5. The van der Waals surface area contributed by atoms with Crippen LogP contribution in [0.1, 0.15) is 61.5 Å². The molecule has 0 unspecified atom stereocenters. The van der Waals surface area contributed by atoms with E-state index in [9.17, 15) is 9.59 Å². The van der Waals surface area contributed by atoms with Crippen molar-refractivity contribution >= 4 is 34.3 Å². The molecule has 0 saturated heterocycles. The lowest BCUT2D eigenvalue weighted by atomic mass is 9.81. The Hall–Kier alpha value is -3.21. The molecule has 1 aliphatic rings. The fourth-order valence-corrected chi connectivity index (χ4v) is 3.93. The zero-order chi connectivity index (χ0) is 22.2. The number of carbonyl (C=O) groups excluding carboxylic acids is 2. The summed E-state index contributed by atoms with van der Waals surface area (Å²) in [5.74, 6) is 0.503. The van der Waals surface area contributed by atoms with Crippen LogP contribution in [0.25, 0.3) is 22.6 Å². The van der Waals surface area contributed by atoms with Crippen LogP contribution in [0.5, 0.6) is 0 Å². The average molecular weight is 418 g/mol. The standard InChI is InChI=1S/C26H27NO4/c1-16-12-17(14-18-8-7-11-30-18)24-20(13-16)23(19-9-5-6-10-21(19)27-24)25(29)31-15-22(28)26(2,3)4/h5-11,14,16H,12-13,15H2,1-4H3/t16-/m1/s1. The SMILES string of the molecule is C[C@@H]1CC(=Cc2ccco2)c2nc3ccccc3c(C(=O)OCC(=O)C(C)(C)C)c2C1. The number of para-hydroxylation sites is 1. The first-order valence-electron chi connectivity index (χ1n) is 10.6. The third-order valence-corrected chi connectivity index (χ3v) is 5.65. The number of allylic oxidation sites excluding steroid dienone is 1. The minimum atomic E-state index is -0.562. The number of ether oxygens (including phenoxy) is 1. The molecule has 3 aromatic rings. The highest BCUT2D eigenvalue weighted by molar-refractivity contribution is 6.07. The Labute approximate surface area is 182 Å². The molecule has 0 fully saturated rings. The number of furan rings is 1. The Morgan fingerprint density at radius 2 is 1.94 bits per heavy atom. The first-order chi connectivity index (χ1) is 14.7. The van der Waals surface area contributed by atoms with Crippen LogP contribution < -0.4 is 0 Å². The van der Waals surface area contributed by atoms with E-state index in [4.69, 9.17) is 14.1 Å². The summed E-state index contributed by atoms with van der Waals surface area (Å²) >= 11 is 0. The van der Waals surface area contributed by atoms with Gasteiger partial charge in [-0.3, -0.25) is 4.79 Å². The van der Waals surface area contributed by atoms with E-state index in [0.29, 0.717) is 11.5 Å². The molecule has 0 bridgehead atoms. The molecule has 1 atom stereocenters. The molecule has 5 heteroatoms. The summed E-state index contributed by atoms with van der Waals surface area (Å²) in [6.07, 6.45) is 5.20. The second kappa shape index (κ2) is 8.14. The lowest BCUT2D eigenvalue weighted by Gasteiger charge is -2.26. The highest BCUT2D eigenvalue weighted by Gasteiger charge is 2.30. The summed E-state index contributed by atoms with van der Waals surface area (Å²) in [6.45, 7) is 7.38. The highest BCUT2D eigenvalue weighted by atomic mass is 16.5. The van der Waals surface area contributed by atoms with Crippen molar-refractivity contribution in [1.82, 2.24) is 4.98 Å². The molecule has 0 spiro atoms. The van der Waals surface area contributed by atoms with Gasteiger partial charge in [0.15, 0.2) is 12.4 Å². The number of fused-ring (bicyclic) bond motifs is 2. The predicted octanol–water partition coefficient (Wildman–Crippen LogP) is 5.72. The molecule has 160 valence electrons. The quantitative estimate of drug-likeness (QED) is 0.508. The maximum atomic E-state index is 13.3. The third kappa shape index (κ3) is 4.31. The van der Waals surface area contributed by atoms with E-state index in [1.807, 2.05) is 63.2 Å². The van der Waals surface area contributed by atoms with E-state index in [2.05, 4.69) is 6.92 Å². The van der Waals surface area contributed by atoms with Crippen LogP contribution in [-0.4, -0.2) is 23.3 Å². The molecule has 0 N–H and O–H groups in total. The lowest BCUT2D eigenvalue weighted by Crippen LogP contribution is -2.27. The second-order valence-electron chi connectivity index (χ2n) is 9.28. The maximum absolute atomic E-state index is 13.3. The Morgan fingerprint density at radius 1 is 1.16 bits per heavy atom. The van der Waals surface area contributed by atoms with Gasteiger partial charge in [-0.25, -0.2) is 9.78 Å². The van der Waals surface area contributed by atoms with Gasteiger partial charge in [0.05, 0.1) is 23.0 Å². The van der Waals surface area contributed by atoms with Gasteiger partial charge in [0.25, 0.3) is 0 Å². The van der Waals surface area contributed by atoms with E-state index in [-0.39, 0.29) is 12.4 Å². The fourth-order valence-electron chi connectivity index (χ4n) is 3.93. The number of Topliss-reactive ketones (excluding diaryl/α,β-unsaturated/α-hetero) is 1. The molecular weight excluding hydrogens is 390 g/mol. The molecule has 0 saturated carbocycles. The van der Waals surface area contributed by atoms with Crippen molar-refractivity contribution in [2.45, 2.75) is 40.5 Å². The topological polar surface area (TPSA) is 69.4 Å². The Balaban J connectivity index is 1.82. The molecule has 0 aliphatic heterocycles. The molecule has 5 nitrogen and oxygen atoms in total. The molecule has 0 radical (unpaired) electrons. The van der Waals surface area contributed by atoms with E-state index < -0.39 is 11.4 Å². The van der Waals surface area contributed by atoms with Gasteiger partial charge in [-0.15, -0.1) is 0 Å². The minimum absolute atomic E-state index is 0.111. The van der Waals surface area contributed by atoms with Gasteiger partial charge in [-0.05, 0) is 54.2 Å². The van der Waals surface area contributed by atoms with Gasteiger partial charge in [-0.2, -0.15) is 0 Å². The number of nitrogens with zero attached hydrogens (tertiary/aromatic N) is 1. The van der Waals surface area contributed by atoms with Gasteiger partial charge in [0, 0.05) is 10.8 Å². The van der Waals surface area contributed by atoms with Gasteiger partial charge in [0.1, 0.15) is 5.76 Å². The van der Waals surface area contributed by atoms with Crippen LogP contribution in [0, 0.1) is 11.3 Å². The summed E-state index contributed by atoms with van der Waals surface area (Å²) in [4.78, 5) is 30.5. The third-order valence-electron chi connectivity index (χ3n) is 5.65. The summed E-state index contributed by atoms with van der Waals surface area (Å²) in [7, 11) is 0. The molecule has 2 aromatic heterocycles. The van der Waals surface area contributed by atoms with Crippen LogP contribution in [0.2, 0.25) is 0 Å². The smallest absolute Gasteiger partial charge is 0.339 e. The number of ketones is 1. The van der Waals surface area contributed by atoms with Crippen molar-refractivity contribution in [3.63, 3.8) is 0 Å². The van der Waals surface area contributed by atoms with E-state index in [1.165, 1.54) is 0 Å². The number of carbonyl (C=O) groups is 2. The highest BCUT2D eigenvalue weighted by Crippen LogP contribution is 2.38. The summed E-state index contributed by atoms with van der Waals surface area (Å²) < 4.78 is 11.0. The Morgan fingerprint density at radius 3 is 2.65 bits per heavy atom. The van der Waals surface area contributed by atoms with E-state index in [0.717, 1.165) is 46.3 Å². The summed E-state index contributed by atoms with van der Waals surface area (Å²) in [6, 6.07) is 11.3. The lowest BCUT2D eigenvalue weighted by molar-refractivity contribution is -0.129. The molecule has 1 aliphatic carbocycles. The first-order valence-corrected chi connectivity index (χ1v) is 10.6. The van der Waals surface area contributed by atoms with Gasteiger partial charge >= 0.3 is 5.97 Å². The zero-order valence-corrected chi connectivity index (χ0v) is 18.4. The van der Waals surface area contributed by atoms with Crippen molar-refractivity contribution in [2.24, 2.45) is 11.3 Å². The van der Waals surface area contributed by atoms with E-state index >= 15 is 0 Å². The molecule has 2 heterocycles. The summed E-state index contributed by atoms with van der Waals surface area (Å²) in [5, 5.41) is 0.751. The van der Waals surface area contributed by atoms with Gasteiger partial charge in [-0.1, -0.05) is 45.9 Å². The van der Waals surface area contributed by atoms with Crippen molar-refractivity contribution in [1.29, 1.82) is 0 Å². The van der Waals surface area contributed by atoms with Crippen molar-refractivity contribution in [2.75, 3.05) is 6.61 Å². The predicted molar refractivity (Wildman–Crippen MR) is 121 cm³/mol. The molecule has 31 heavy (non-hydrogen) atoms. The Kier molecular flexibility index (Phi) is 5.52. The second-order valence-corrected chi connectivity index (χ2v) is 9.28. The largest absolute Gasteiger partial charge is 0.465 e. The van der Waals surface area contributed by atoms with Crippen LogP contribution in [0.15, 0.2) is 47.1 Å². The monoisotopic (exact) mass is 417 g/mol. The minimum Gasteiger partial charge on any atom is -0.465 e. The van der Waals surface area contributed by atoms with Crippen LogP contribution >= 0.6 is 0 Å². The number of rotatable bonds is 4. The summed E-state index contributed by atoms with van der Waals surface area (Å²) in [5.41, 5.74) is 3.41. The van der Waals surface area contributed by atoms with Crippen molar-refractivity contribution in [3.05, 3.63) is 65.2 Å². The average Bonchev–Trinajstić information content (AvgIpc) is 3.22.